The molecule has 0 aliphatic rings. The van der Waals surface area contributed by atoms with Crippen LogP contribution in [-0.2, 0) is 0 Å². The fourth-order valence-corrected chi connectivity index (χ4v) is 2.23. The molecular formula is C21H17NO. The van der Waals surface area contributed by atoms with Gasteiger partial charge >= 0.3 is 0 Å². The van der Waals surface area contributed by atoms with E-state index in [2.05, 4.69) is 29.6 Å². The zero-order chi connectivity index (χ0) is 15.9. The smallest absolute Gasteiger partial charge is 0.255 e. The highest BCUT2D eigenvalue weighted by molar-refractivity contribution is 6.04. The molecule has 3 aromatic carbocycles. The van der Waals surface area contributed by atoms with Crippen LogP contribution in [0.4, 0.5) is 5.69 Å². The lowest BCUT2D eigenvalue weighted by Crippen LogP contribution is -2.11. The van der Waals surface area contributed by atoms with E-state index in [9.17, 15) is 4.79 Å². The molecule has 0 aliphatic carbocycles. The summed E-state index contributed by atoms with van der Waals surface area (Å²) in [7, 11) is 0. The Labute approximate surface area is 136 Å². The van der Waals surface area contributed by atoms with Crippen molar-refractivity contribution in [2.75, 3.05) is 5.32 Å². The summed E-state index contributed by atoms with van der Waals surface area (Å²) < 4.78 is 0. The zero-order valence-corrected chi connectivity index (χ0v) is 12.6. The van der Waals surface area contributed by atoms with E-state index in [1.165, 1.54) is 0 Å². The largest absolute Gasteiger partial charge is 0.322 e. The molecule has 0 bridgehead atoms. The van der Waals surface area contributed by atoms with Crippen LogP contribution in [0.2, 0.25) is 0 Å². The third-order valence-corrected chi connectivity index (χ3v) is 3.47. The van der Waals surface area contributed by atoms with Crippen LogP contribution in [0, 0.1) is 0 Å². The predicted molar refractivity (Wildman–Crippen MR) is 96.2 cm³/mol. The average Bonchev–Trinajstić information content (AvgIpc) is 2.63. The minimum Gasteiger partial charge on any atom is -0.322 e. The van der Waals surface area contributed by atoms with Crippen molar-refractivity contribution in [3.63, 3.8) is 0 Å². The second-order valence-corrected chi connectivity index (χ2v) is 5.19. The summed E-state index contributed by atoms with van der Waals surface area (Å²) in [5.74, 6) is -0.0989. The molecule has 23 heavy (non-hydrogen) atoms. The highest BCUT2D eigenvalue weighted by atomic mass is 16.1. The summed E-state index contributed by atoms with van der Waals surface area (Å²) in [6.45, 7) is 0. The van der Waals surface area contributed by atoms with E-state index in [1.807, 2.05) is 60.7 Å². The molecule has 0 heterocycles. The Morgan fingerprint density at radius 1 is 0.652 bits per heavy atom. The minimum absolute atomic E-state index is 0.0989. The van der Waals surface area contributed by atoms with Gasteiger partial charge in [0.05, 0.1) is 0 Å². The number of carbonyl (C=O) groups excluding carboxylic acids is 1. The van der Waals surface area contributed by atoms with Crippen LogP contribution < -0.4 is 5.32 Å². The first-order valence-corrected chi connectivity index (χ1v) is 7.51. The number of hydrogen-bond donors (Lipinski definition) is 1. The molecular weight excluding hydrogens is 282 g/mol. The molecule has 2 heteroatoms. The Balaban J connectivity index is 1.65. The van der Waals surface area contributed by atoms with E-state index in [1.54, 1.807) is 12.1 Å². The van der Waals surface area contributed by atoms with Gasteiger partial charge in [0.2, 0.25) is 0 Å². The van der Waals surface area contributed by atoms with Gasteiger partial charge in [-0.15, -0.1) is 0 Å². The molecule has 1 amide bonds. The molecule has 0 saturated carbocycles. The molecule has 0 aliphatic heterocycles. The number of carbonyl (C=O) groups is 1. The van der Waals surface area contributed by atoms with Crippen molar-refractivity contribution in [3.8, 4) is 0 Å². The molecule has 112 valence electrons. The third-order valence-electron chi connectivity index (χ3n) is 3.47. The lowest BCUT2D eigenvalue weighted by atomic mass is 10.1. The molecule has 2 nitrogen and oxygen atoms in total. The van der Waals surface area contributed by atoms with Crippen LogP contribution in [0.1, 0.15) is 21.5 Å². The number of hydrogen-bond acceptors (Lipinski definition) is 1. The molecule has 3 aromatic rings. The molecule has 0 unspecified atom stereocenters. The van der Waals surface area contributed by atoms with Crippen LogP contribution >= 0.6 is 0 Å². The van der Waals surface area contributed by atoms with Crippen molar-refractivity contribution in [1.29, 1.82) is 0 Å². The number of amides is 1. The fourth-order valence-electron chi connectivity index (χ4n) is 2.23. The normalized spacial score (nSPS) is 10.6. The van der Waals surface area contributed by atoms with Crippen molar-refractivity contribution in [2.24, 2.45) is 0 Å². The van der Waals surface area contributed by atoms with Crippen LogP contribution in [-0.4, -0.2) is 5.91 Å². The summed E-state index contributed by atoms with van der Waals surface area (Å²) in [5.41, 5.74) is 3.69. The first-order chi connectivity index (χ1) is 11.3. The Morgan fingerprint density at radius 3 is 1.78 bits per heavy atom. The third kappa shape index (κ3) is 4.17. The van der Waals surface area contributed by atoms with Crippen molar-refractivity contribution < 1.29 is 4.79 Å². The summed E-state index contributed by atoms with van der Waals surface area (Å²) >= 11 is 0. The monoisotopic (exact) mass is 299 g/mol. The molecule has 1 N–H and O–H groups in total. The number of anilines is 1. The van der Waals surface area contributed by atoms with Crippen LogP contribution in [0.15, 0.2) is 84.9 Å². The summed E-state index contributed by atoms with van der Waals surface area (Å²) in [6.07, 6.45) is 4.12. The Hall–Kier alpha value is -3.13. The van der Waals surface area contributed by atoms with Gasteiger partial charge in [-0.25, -0.2) is 0 Å². The van der Waals surface area contributed by atoms with Crippen LogP contribution in [0.5, 0.6) is 0 Å². The molecule has 0 saturated heterocycles. The lowest BCUT2D eigenvalue weighted by molar-refractivity contribution is 0.102. The van der Waals surface area contributed by atoms with E-state index < -0.39 is 0 Å². The molecule has 0 spiro atoms. The maximum Gasteiger partial charge on any atom is 0.255 e. The van der Waals surface area contributed by atoms with Gasteiger partial charge in [-0.1, -0.05) is 72.8 Å². The van der Waals surface area contributed by atoms with Gasteiger partial charge in [-0.3, -0.25) is 4.79 Å². The SMILES string of the molecule is O=C(Nc1ccc(/C=C/c2ccccc2)cc1)c1ccccc1. The van der Waals surface area contributed by atoms with Gasteiger partial charge < -0.3 is 5.32 Å². The molecule has 0 fully saturated rings. The summed E-state index contributed by atoms with van der Waals surface area (Å²) in [5, 5.41) is 2.90. The molecule has 3 rings (SSSR count). The lowest BCUT2D eigenvalue weighted by Gasteiger charge is -2.05. The highest BCUT2D eigenvalue weighted by Gasteiger charge is 2.04. The van der Waals surface area contributed by atoms with Gasteiger partial charge in [0.1, 0.15) is 0 Å². The standard InChI is InChI=1S/C21H17NO/c23-21(19-9-5-2-6-10-19)22-20-15-13-18(14-16-20)12-11-17-7-3-1-4-8-17/h1-16H,(H,22,23)/b12-11+. The first kappa shape index (κ1) is 14.8. The fraction of sp³-hybridized carbons (Fsp3) is 0. The molecule has 0 atom stereocenters. The van der Waals surface area contributed by atoms with Gasteiger partial charge in [0.15, 0.2) is 0 Å². The van der Waals surface area contributed by atoms with E-state index in [0.29, 0.717) is 5.56 Å². The number of rotatable bonds is 4. The predicted octanol–water partition coefficient (Wildman–Crippen LogP) is 5.11. The van der Waals surface area contributed by atoms with Crippen molar-refractivity contribution >= 4 is 23.7 Å². The number of benzene rings is 3. The Morgan fingerprint density at radius 2 is 1.17 bits per heavy atom. The van der Waals surface area contributed by atoms with E-state index in [0.717, 1.165) is 16.8 Å². The highest BCUT2D eigenvalue weighted by Crippen LogP contribution is 2.14. The van der Waals surface area contributed by atoms with Crippen LogP contribution in [0.3, 0.4) is 0 Å². The minimum atomic E-state index is -0.0989. The first-order valence-electron chi connectivity index (χ1n) is 7.51. The van der Waals surface area contributed by atoms with Crippen molar-refractivity contribution in [2.45, 2.75) is 0 Å². The van der Waals surface area contributed by atoms with Crippen molar-refractivity contribution in [1.82, 2.24) is 0 Å². The maximum absolute atomic E-state index is 12.1. The van der Waals surface area contributed by atoms with E-state index in [-0.39, 0.29) is 5.91 Å². The van der Waals surface area contributed by atoms with Gasteiger partial charge in [-0.05, 0) is 35.4 Å². The van der Waals surface area contributed by atoms with Crippen molar-refractivity contribution in [3.05, 3.63) is 102 Å². The van der Waals surface area contributed by atoms with Gasteiger partial charge in [0, 0.05) is 11.3 Å². The maximum atomic E-state index is 12.1. The van der Waals surface area contributed by atoms with E-state index >= 15 is 0 Å². The second-order valence-electron chi connectivity index (χ2n) is 5.19. The van der Waals surface area contributed by atoms with Crippen LogP contribution in [0.25, 0.3) is 12.2 Å². The van der Waals surface area contributed by atoms with Gasteiger partial charge in [0.25, 0.3) is 5.91 Å². The number of nitrogens with one attached hydrogen (secondary N) is 1. The quantitative estimate of drug-likeness (QED) is 0.666. The van der Waals surface area contributed by atoms with E-state index in [4.69, 9.17) is 0 Å². The molecule has 0 aromatic heterocycles. The Kier molecular flexibility index (Phi) is 4.65. The zero-order valence-electron chi connectivity index (χ0n) is 12.6. The Bertz CT molecular complexity index is 790. The molecule has 0 radical (unpaired) electrons. The topological polar surface area (TPSA) is 29.1 Å². The van der Waals surface area contributed by atoms with Gasteiger partial charge in [-0.2, -0.15) is 0 Å². The summed E-state index contributed by atoms with van der Waals surface area (Å²) in [6, 6.07) is 27.1. The summed E-state index contributed by atoms with van der Waals surface area (Å²) in [4.78, 5) is 12.1. The second kappa shape index (κ2) is 7.23. The average molecular weight is 299 g/mol.